The van der Waals surface area contributed by atoms with Crippen LogP contribution in [0.4, 0.5) is 10.5 Å². The number of urea groups is 1. The fourth-order valence-corrected chi connectivity index (χ4v) is 3.10. The standard InChI is InChI=1S/C19H20N2O4S/c1-12(2)13-3-6-15(7-4-13)26-10-18(22)21-19(23)20-14-5-8-16-17(9-14)25-11-24-16/h3-9,12H,10-11H2,1-2H3,(H2,20,21,22,23). The number of hydrogen-bond acceptors (Lipinski definition) is 5. The van der Waals surface area contributed by atoms with Crippen molar-refractivity contribution in [1.82, 2.24) is 5.32 Å². The molecule has 0 aromatic heterocycles. The van der Waals surface area contributed by atoms with E-state index in [1.165, 1.54) is 17.3 Å². The van der Waals surface area contributed by atoms with E-state index in [1.807, 2.05) is 12.1 Å². The normalized spacial score (nSPS) is 12.1. The van der Waals surface area contributed by atoms with Crippen molar-refractivity contribution in [2.24, 2.45) is 0 Å². The third kappa shape index (κ3) is 4.70. The van der Waals surface area contributed by atoms with Gasteiger partial charge in [0.15, 0.2) is 11.5 Å². The first-order chi connectivity index (χ1) is 12.5. The SMILES string of the molecule is CC(C)c1ccc(SCC(=O)NC(=O)Nc2ccc3c(c2)OCO3)cc1. The van der Waals surface area contributed by atoms with E-state index in [0.29, 0.717) is 23.1 Å². The minimum atomic E-state index is -0.579. The topological polar surface area (TPSA) is 76.7 Å². The quantitative estimate of drug-likeness (QED) is 0.777. The molecule has 2 N–H and O–H groups in total. The van der Waals surface area contributed by atoms with Crippen molar-refractivity contribution >= 4 is 29.4 Å². The highest BCUT2D eigenvalue weighted by Crippen LogP contribution is 2.34. The molecular weight excluding hydrogens is 352 g/mol. The van der Waals surface area contributed by atoms with Gasteiger partial charge in [-0.05, 0) is 35.7 Å². The van der Waals surface area contributed by atoms with E-state index >= 15 is 0 Å². The van der Waals surface area contributed by atoms with Gasteiger partial charge in [0.05, 0.1) is 5.75 Å². The summed E-state index contributed by atoms with van der Waals surface area (Å²) in [6.45, 7) is 4.43. The maximum absolute atomic E-state index is 11.9. The number of thioether (sulfide) groups is 1. The number of imide groups is 1. The lowest BCUT2D eigenvalue weighted by Crippen LogP contribution is -2.35. The van der Waals surface area contributed by atoms with Crippen molar-refractivity contribution in [3.05, 3.63) is 48.0 Å². The van der Waals surface area contributed by atoms with E-state index in [2.05, 4.69) is 36.6 Å². The second-order valence-electron chi connectivity index (χ2n) is 6.08. The Hall–Kier alpha value is -2.67. The first-order valence-electron chi connectivity index (χ1n) is 8.24. The summed E-state index contributed by atoms with van der Waals surface area (Å²) in [5.41, 5.74) is 1.78. The average Bonchev–Trinajstić information content (AvgIpc) is 3.08. The minimum Gasteiger partial charge on any atom is -0.454 e. The highest BCUT2D eigenvalue weighted by Gasteiger charge is 2.15. The third-order valence-corrected chi connectivity index (χ3v) is 4.81. The smallest absolute Gasteiger partial charge is 0.325 e. The van der Waals surface area contributed by atoms with Gasteiger partial charge in [-0.3, -0.25) is 10.1 Å². The van der Waals surface area contributed by atoms with Crippen molar-refractivity contribution in [3.8, 4) is 11.5 Å². The number of anilines is 1. The number of rotatable bonds is 5. The van der Waals surface area contributed by atoms with Crippen molar-refractivity contribution in [2.45, 2.75) is 24.7 Å². The van der Waals surface area contributed by atoms with Gasteiger partial charge in [-0.2, -0.15) is 0 Å². The number of ether oxygens (including phenoxy) is 2. The van der Waals surface area contributed by atoms with Crippen LogP contribution in [0.1, 0.15) is 25.3 Å². The van der Waals surface area contributed by atoms with Crippen LogP contribution in [0.2, 0.25) is 0 Å². The van der Waals surface area contributed by atoms with E-state index in [1.54, 1.807) is 18.2 Å². The highest BCUT2D eigenvalue weighted by molar-refractivity contribution is 8.00. The summed E-state index contributed by atoms with van der Waals surface area (Å²) >= 11 is 1.38. The molecule has 3 rings (SSSR count). The van der Waals surface area contributed by atoms with Gasteiger partial charge < -0.3 is 14.8 Å². The van der Waals surface area contributed by atoms with Crippen LogP contribution in [-0.4, -0.2) is 24.5 Å². The van der Waals surface area contributed by atoms with Crippen molar-refractivity contribution in [2.75, 3.05) is 17.9 Å². The van der Waals surface area contributed by atoms with Gasteiger partial charge in [0, 0.05) is 16.6 Å². The molecule has 2 aromatic carbocycles. The zero-order chi connectivity index (χ0) is 18.5. The fraction of sp³-hybridized carbons (Fsp3) is 0.263. The molecule has 0 fully saturated rings. The van der Waals surface area contributed by atoms with E-state index in [4.69, 9.17) is 9.47 Å². The first kappa shape index (κ1) is 18.1. The Morgan fingerprint density at radius 2 is 1.81 bits per heavy atom. The molecule has 26 heavy (non-hydrogen) atoms. The Bertz CT molecular complexity index is 806. The molecule has 0 unspecified atom stereocenters. The number of carbonyl (C=O) groups excluding carboxylic acids is 2. The molecule has 136 valence electrons. The number of amides is 3. The molecule has 6 nitrogen and oxygen atoms in total. The molecule has 1 aliphatic rings. The summed E-state index contributed by atoms with van der Waals surface area (Å²) in [6.07, 6.45) is 0. The summed E-state index contributed by atoms with van der Waals surface area (Å²) in [4.78, 5) is 24.9. The molecule has 1 aliphatic heterocycles. The van der Waals surface area contributed by atoms with Gasteiger partial charge in [-0.15, -0.1) is 11.8 Å². The highest BCUT2D eigenvalue weighted by atomic mass is 32.2. The van der Waals surface area contributed by atoms with Gasteiger partial charge in [-0.25, -0.2) is 4.79 Å². The minimum absolute atomic E-state index is 0.162. The molecule has 3 amide bonds. The monoisotopic (exact) mass is 372 g/mol. The van der Waals surface area contributed by atoms with E-state index < -0.39 is 6.03 Å². The lowest BCUT2D eigenvalue weighted by atomic mass is 10.0. The molecule has 2 aromatic rings. The molecule has 0 radical (unpaired) electrons. The van der Waals surface area contributed by atoms with Crippen molar-refractivity contribution in [3.63, 3.8) is 0 Å². The second-order valence-corrected chi connectivity index (χ2v) is 7.13. The molecule has 0 spiro atoms. The molecule has 0 atom stereocenters. The zero-order valence-electron chi connectivity index (χ0n) is 14.6. The van der Waals surface area contributed by atoms with Gasteiger partial charge in [0.25, 0.3) is 0 Å². The summed E-state index contributed by atoms with van der Waals surface area (Å²) in [5.74, 6) is 1.47. The number of hydrogen-bond donors (Lipinski definition) is 2. The first-order valence-corrected chi connectivity index (χ1v) is 9.23. The largest absolute Gasteiger partial charge is 0.454 e. The van der Waals surface area contributed by atoms with Crippen molar-refractivity contribution in [1.29, 1.82) is 0 Å². The predicted molar refractivity (Wildman–Crippen MR) is 101 cm³/mol. The van der Waals surface area contributed by atoms with Crippen LogP contribution in [0.15, 0.2) is 47.4 Å². The maximum atomic E-state index is 11.9. The Balaban J connectivity index is 1.46. The molecule has 7 heteroatoms. The van der Waals surface area contributed by atoms with E-state index in [0.717, 1.165) is 4.90 Å². The number of carbonyl (C=O) groups is 2. The van der Waals surface area contributed by atoms with Crippen molar-refractivity contribution < 1.29 is 19.1 Å². The average molecular weight is 372 g/mol. The molecule has 1 heterocycles. The Kier molecular flexibility index (Phi) is 5.68. The lowest BCUT2D eigenvalue weighted by molar-refractivity contribution is -0.117. The van der Waals surface area contributed by atoms with Crippen LogP contribution in [0.3, 0.4) is 0 Å². The van der Waals surface area contributed by atoms with E-state index in [-0.39, 0.29) is 18.5 Å². The van der Waals surface area contributed by atoms with Crippen LogP contribution < -0.4 is 20.1 Å². The zero-order valence-corrected chi connectivity index (χ0v) is 15.4. The summed E-state index contributed by atoms with van der Waals surface area (Å²) in [5, 5.41) is 4.92. The Morgan fingerprint density at radius 1 is 1.08 bits per heavy atom. The Labute approximate surface area is 156 Å². The van der Waals surface area contributed by atoms with Crippen LogP contribution >= 0.6 is 11.8 Å². The molecule has 0 aliphatic carbocycles. The van der Waals surface area contributed by atoms with Crippen LogP contribution in [0.5, 0.6) is 11.5 Å². The molecule has 0 saturated carbocycles. The predicted octanol–water partition coefficient (Wildman–Crippen LogP) is 3.98. The van der Waals surface area contributed by atoms with Gasteiger partial charge in [0.2, 0.25) is 12.7 Å². The maximum Gasteiger partial charge on any atom is 0.325 e. The van der Waals surface area contributed by atoms with Crippen LogP contribution in [0.25, 0.3) is 0 Å². The molecule has 0 bridgehead atoms. The second kappa shape index (κ2) is 8.14. The van der Waals surface area contributed by atoms with Crippen LogP contribution in [-0.2, 0) is 4.79 Å². The van der Waals surface area contributed by atoms with E-state index in [9.17, 15) is 9.59 Å². The summed E-state index contributed by atoms with van der Waals surface area (Å²) < 4.78 is 10.5. The van der Waals surface area contributed by atoms with Gasteiger partial charge in [0.1, 0.15) is 0 Å². The Morgan fingerprint density at radius 3 is 2.54 bits per heavy atom. The molecular formula is C19H20N2O4S. The van der Waals surface area contributed by atoms with Gasteiger partial charge >= 0.3 is 6.03 Å². The number of benzene rings is 2. The lowest BCUT2D eigenvalue weighted by Gasteiger charge is -2.08. The summed E-state index contributed by atoms with van der Waals surface area (Å²) in [6, 6.07) is 12.5. The van der Waals surface area contributed by atoms with Crippen LogP contribution in [0, 0.1) is 0 Å². The fourth-order valence-electron chi connectivity index (χ4n) is 2.40. The third-order valence-electron chi connectivity index (χ3n) is 3.80. The number of nitrogens with one attached hydrogen (secondary N) is 2. The number of fused-ring (bicyclic) bond motifs is 1. The summed E-state index contributed by atoms with van der Waals surface area (Å²) in [7, 11) is 0. The molecule has 0 saturated heterocycles. The van der Waals surface area contributed by atoms with Gasteiger partial charge in [-0.1, -0.05) is 26.0 Å².